The van der Waals surface area contributed by atoms with E-state index in [-0.39, 0.29) is 28.7 Å². The summed E-state index contributed by atoms with van der Waals surface area (Å²) in [6.07, 6.45) is -0.750. The maximum Gasteiger partial charge on any atom is 0.255 e. The predicted molar refractivity (Wildman–Crippen MR) is 163 cm³/mol. The van der Waals surface area contributed by atoms with Gasteiger partial charge in [0, 0.05) is 38.5 Å². The smallest absolute Gasteiger partial charge is 0.255 e. The van der Waals surface area contributed by atoms with Gasteiger partial charge < -0.3 is 25.0 Å². The van der Waals surface area contributed by atoms with Gasteiger partial charge in [0.2, 0.25) is 5.91 Å². The fourth-order valence-corrected chi connectivity index (χ4v) is 5.16. The van der Waals surface area contributed by atoms with Crippen molar-refractivity contribution < 1.29 is 23.9 Å². The molecular formula is C33H36ClN3O5. The van der Waals surface area contributed by atoms with Gasteiger partial charge in [-0.05, 0) is 86.5 Å². The predicted octanol–water partition coefficient (Wildman–Crippen LogP) is 6.15. The van der Waals surface area contributed by atoms with Crippen molar-refractivity contribution in [1.29, 1.82) is 0 Å². The Kier molecular flexibility index (Phi) is 8.16. The number of hydrogen-bond donors (Lipinski definition) is 2. The highest BCUT2D eigenvalue weighted by Gasteiger charge is 2.46. The highest BCUT2D eigenvalue weighted by molar-refractivity contribution is 6.30. The van der Waals surface area contributed by atoms with Crippen LogP contribution < -0.4 is 15.5 Å². The van der Waals surface area contributed by atoms with Gasteiger partial charge >= 0.3 is 0 Å². The van der Waals surface area contributed by atoms with Crippen molar-refractivity contribution in [1.82, 2.24) is 5.32 Å². The molecule has 8 nitrogen and oxygen atoms in total. The largest absolute Gasteiger partial charge is 0.351 e. The molecule has 0 aliphatic carbocycles. The van der Waals surface area contributed by atoms with Gasteiger partial charge in [-0.15, -0.1) is 0 Å². The first-order valence-electron chi connectivity index (χ1n) is 14.0. The summed E-state index contributed by atoms with van der Waals surface area (Å²) in [5.41, 5.74) is 3.38. The third-order valence-corrected chi connectivity index (χ3v) is 7.40. The van der Waals surface area contributed by atoms with Crippen LogP contribution in [-0.2, 0) is 20.8 Å². The quantitative estimate of drug-likeness (QED) is 0.359. The van der Waals surface area contributed by atoms with E-state index in [1.165, 1.54) is 0 Å². The zero-order valence-electron chi connectivity index (χ0n) is 24.5. The van der Waals surface area contributed by atoms with Gasteiger partial charge in [0.05, 0.1) is 19.8 Å². The second-order valence-corrected chi connectivity index (χ2v) is 13.1. The molecule has 2 heterocycles. The van der Waals surface area contributed by atoms with Gasteiger partial charge in [-0.2, -0.15) is 0 Å². The molecule has 2 N–H and O–H groups in total. The molecule has 0 spiro atoms. The minimum absolute atomic E-state index is 0.148. The van der Waals surface area contributed by atoms with Crippen molar-refractivity contribution in [3.8, 4) is 0 Å². The number of hydrogen-bond acceptors (Lipinski definition) is 5. The topological polar surface area (TPSA) is 97.0 Å². The van der Waals surface area contributed by atoms with Crippen molar-refractivity contribution in [3.05, 3.63) is 94.0 Å². The van der Waals surface area contributed by atoms with E-state index in [9.17, 15) is 14.4 Å². The molecule has 9 heteroatoms. The molecular weight excluding hydrogens is 554 g/mol. The zero-order valence-corrected chi connectivity index (χ0v) is 25.2. The van der Waals surface area contributed by atoms with E-state index in [1.54, 1.807) is 47.4 Å². The van der Waals surface area contributed by atoms with Gasteiger partial charge in [-0.25, -0.2) is 0 Å². The first kappa shape index (κ1) is 29.8. The average Bonchev–Trinajstić information content (AvgIpc) is 3.19. The summed E-state index contributed by atoms with van der Waals surface area (Å²) in [6, 6.07) is 19.3. The van der Waals surface area contributed by atoms with E-state index in [0.29, 0.717) is 41.6 Å². The number of amides is 3. The lowest BCUT2D eigenvalue weighted by atomic mass is 9.93. The van der Waals surface area contributed by atoms with Crippen LogP contribution in [0, 0.1) is 5.41 Å². The lowest BCUT2D eigenvalue weighted by Gasteiger charge is -2.36. The SMILES string of the molecule is CC1(C)COC(C2C(=O)N(Cc3ccc(C(=O)NC(C)(C)C)cc3)c3ccc(NC(=O)c4ccc(Cl)cc4)cc32)OC1. The minimum Gasteiger partial charge on any atom is -0.351 e. The van der Waals surface area contributed by atoms with Crippen LogP contribution in [0.2, 0.25) is 5.02 Å². The van der Waals surface area contributed by atoms with Crippen LogP contribution in [0.25, 0.3) is 0 Å². The Morgan fingerprint density at radius 2 is 1.52 bits per heavy atom. The highest BCUT2D eigenvalue weighted by atomic mass is 35.5. The van der Waals surface area contributed by atoms with Gasteiger partial charge in [-0.1, -0.05) is 37.6 Å². The molecule has 1 atom stereocenters. The Balaban J connectivity index is 1.41. The molecule has 2 aliphatic heterocycles. The number of rotatable bonds is 6. The lowest BCUT2D eigenvalue weighted by molar-refractivity contribution is -0.229. The van der Waals surface area contributed by atoms with Crippen molar-refractivity contribution in [2.75, 3.05) is 23.4 Å². The molecule has 0 bridgehead atoms. The lowest BCUT2D eigenvalue weighted by Crippen LogP contribution is -2.43. The number of carbonyl (C=O) groups excluding carboxylic acids is 3. The van der Waals surface area contributed by atoms with E-state index in [1.807, 2.05) is 45.0 Å². The summed E-state index contributed by atoms with van der Waals surface area (Å²) < 4.78 is 12.1. The Morgan fingerprint density at radius 3 is 2.14 bits per heavy atom. The fraction of sp³-hybridized carbons (Fsp3) is 0.364. The number of benzene rings is 3. The van der Waals surface area contributed by atoms with Crippen LogP contribution in [0.15, 0.2) is 66.7 Å². The number of fused-ring (bicyclic) bond motifs is 1. The molecule has 3 amide bonds. The summed E-state index contributed by atoms with van der Waals surface area (Å²) in [4.78, 5) is 41.1. The number of anilines is 2. The van der Waals surface area contributed by atoms with Gasteiger partial charge in [-0.3, -0.25) is 14.4 Å². The summed E-state index contributed by atoms with van der Waals surface area (Å²) in [5.74, 6) is -1.28. The van der Waals surface area contributed by atoms with Crippen molar-refractivity contribution in [2.24, 2.45) is 5.41 Å². The molecule has 3 aromatic rings. The molecule has 1 saturated heterocycles. The number of nitrogens with zero attached hydrogens (tertiary/aromatic N) is 1. The molecule has 42 heavy (non-hydrogen) atoms. The van der Waals surface area contributed by atoms with Crippen molar-refractivity contribution in [3.63, 3.8) is 0 Å². The molecule has 0 radical (unpaired) electrons. The van der Waals surface area contributed by atoms with Gasteiger partial charge in [0.15, 0.2) is 6.29 Å². The van der Waals surface area contributed by atoms with Crippen LogP contribution in [0.4, 0.5) is 11.4 Å². The zero-order chi connectivity index (χ0) is 30.2. The van der Waals surface area contributed by atoms with E-state index < -0.39 is 12.2 Å². The summed E-state index contributed by atoms with van der Waals surface area (Å²) in [5, 5.41) is 6.43. The molecule has 5 rings (SSSR count). The van der Waals surface area contributed by atoms with Crippen molar-refractivity contribution in [2.45, 2.75) is 58.9 Å². The Labute approximate surface area is 251 Å². The maximum atomic E-state index is 13.9. The summed E-state index contributed by atoms with van der Waals surface area (Å²) in [7, 11) is 0. The standard InChI is InChI=1S/C33H36ClN3O5/c1-32(2,3)36-29(39)22-8-6-20(7-9-22)17-37-26-15-14-24(35-28(38)21-10-12-23(34)13-11-21)16-25(26)27(30(37)40)31-41-18-33(4,5)19-42-31/h6-16,27,31H,17-19H2,1-5H3,(H,35,38)(H,36,39). The Hall–Kier alpha value is -3.72. The number of halogens is 1. The van der Waals surface area contributed by atoms with Gasteiger partial charge in [0.25, 0.3) is 11.8 Å². The normalized spacial score (nSPS) is 18.5. The summed E-state index contributed by atoms with van der Waals surface area (Å²) in [6.45, 7) is 11.1. The fourth-order valence-electron chi connectivity index (χ4n) is 5.03. The minimum atomic E-state index is -0.750. The number of nitrogens with one attached hydrogen (secondary N) is 2. The van der Waals surface area contributed by atoms with Crippen LogP contribution >= 0.6 is 11.6 Å². The number of carbonyl (C=O) groups is 3. The monoisotopic (exact) mass is 589 g/mol. The van der Waals surface area contributed by atoms with Crippen LogP contribution in [-0.4, -0.2) is 42.8 Å². The van der Waals surface area contributed by atoms with E-state index in [2.05, 4.69) is 24.5 Å². The molecule has 0 aromatic heterocycles. The maximum absolute atomic E-state index is 13.9. The second-order valence-electron chi connectivity index (χ2n) is 12.7. The Bertz CT molecular complexity index is 1490. The van der Waals surface area contributed by atoms with Crippen LogP contribution in [0.3, 0.4) is 0 Å². The third kappa shape index (κ3) is 6.67. The Morgan fingerprint density at radius 1 is 0.929 bits per heavy atom. The van der Waals surface area contributed by atoms with Crippen LogP contribution in [0.1, 0.15) is 72.4 Å². The first-order chi connectivity index (χ1) is 19.8. The first-order valence-corrected chi connectivity index (χ1v) is 14.3. The number of ether oxygens (including phenoxy) is 2. The molecule has 2 aliphatic rings. The molecule has 0 saturated carbocycles. The average molecular weight is 590 g/mol. The molecule has 3 aromatic carbocycles. The van der Waals surface area contributed by atoms with E-state index >= 15 is 0 Å². The molecule has 1 unspecified atom stereocenters. The highest BCUT2D eigenvalue weighted by Crippen LogP contribution is 2.44. The third-order valence-electron chi connectivity index (χ3n) is 7.14. The van der Waals surface area contributed by atoms with E-state index in [4.69, 9.17) is 21.1 Å². The van der Waals surface area contributed by atoms with Crippen LogP contribution in [0.5, 0.6) is 0 Å². The molecule has 220 valence electrons. The summed E-state index contributed by atoms with van der Waals surface area (Å²) >= 11 is 5.97. The second kappa shape index (κ2) is 11.5. The van der Waals surface area contributed by atoms with E-state index in [0.717, 1.165) is 16.8 Å². The van der Waals surface area contributed by atoms with Gasteiger partial charge in [0.1, 0.15) is 5.92 Å². The molecule has 1 fully saturated rings. The van der Waals surface area contributed by atoms with Crippen molar-refractivity contribution >= 4 is 40.7 Å².